The Balaban J connectivity index is 1.91. The lowest BCUT2D eigenvalue weighted by atomic mass is 9.73. The van der Waals surface area contributed by atoms with Gasteiger partial charge in [0.1, 0.15) is 0 Å². The topological polar surface area (TPSA) is 83.6 Å². The highest BCUT2D eigenvalue weighted by Gasteiger charge is 2.39. The molecule has 6 nitrogen and oxygen atoms in total. The predicted octanol–water partition coefficient (Wildman–Crippen LogP) is 1.74. The van der Waals surface area contributed by atoms with Gasteiger partial charge in [-0.25, -0.2) is 0 Å². The molecule has 1 saturated carbocycles. The molecule has 2 amide bonds. The van der Waals surface area contributed by atoms with E-state index in [0.29, 0.717) is 24.8 Å². The normalized spacial score (nSPS) is 24.7. The van der Waals surface area contributed by atoms with Crippen molar-refractivity contribution in [3.05, 3.63) is 11.3 Å². The van der Waals surface area contributed by atoms with E-state index in [1.54, 1.807) is 0 Å². The largest absolute Gasteiger partial charge is 0.374 e. The summed E-state index contributed by atoms with van der Waals surface area (Å²) in [6.07, 6.45) is 3.80. The first kappa shape index (κ1) is 17.8. The average Bonchev–Trinajstić information content (AvgIpc) is 2.96. The Kier molecular flexibility index (Phi) is 4.80. The molecule has 25 heavy (non-hydrogen) atoms. The van der Waals surface area contributed by atoms with Crippen LogP contribution < -0.4 is 5.32 Å². The van der Waals surface area contributed by atoms with Crippen molar-refractivity contribution in [2.45, 2.75) is 58.8 Å². The van der Waals surface area contributed by atoms with E-state index in [-0.39, 0.29) is 47.6 Å². The molecule has 0 atom stereocenters. The minimum atomic E-state index is -0.297. The van der Waals surface area contributed by atoms with Crippen LogP contribution in [0.25, 0.3) is 0 Å². The van der Waals surface area contributed by atoms with E-state index in [9.17, 15) is 19.2 Å². The van der Waals surface area contributed by atoms with Crippen LogP contribution in [-0.4, -0.2) is 41.4 Å². The molecular formula is C19H26N2O4. The van der Waals surface area contributed by atoms with Gasteiger partial charge in [0.25, 0.3) is 0 Å². The molecule has 0 radical (unpaired) electrons. The number of nitrogens with one attached hydrogen (secondary N) is 1. The Bertz CT molecular complexity index is 618. The predicted molar refractivity (Wildman–Crippen MR) is 91.4 cm³/mol. The van der Waals surface area contributed by atoms with E-state index >= 15 is 0 Å². The molecule has 0 unspecified atom stereocenters. The van der Waals surface area contributed by atoms with Crippen molar-refractivity contribution in [2.24, 2.45) is 11.3 Å². The van der Waals surface area contributed by atoms with E-state index < -0.39 is 0 Å². The maximum absolute atomic E-state index is 12.7. The van der Waals surface area contributed by atoms with E-state index in [1.807, 2.05) is 13.8 Å². The highest BCUT2D eigenvalue weighted by molar-refractivity contribution is 6.22. The summed E-state index contributed by atoms with van der Waals surface area (Å²) >= 11 is 0. The number of likely N-dealkylation sites (tertiary alicyclic amines) is 1. The fraction of sp³-hybridized carbons (Fsp3) is 0.684. The molecule has 0 spiro atoms. The second kappa shape index (κ2) is 6.73. The van der Waals surface area contributed by atoms with Gasteiger partial charge in [0, 0.05) is 44.5 Å². The third-order valence-corrected chi connectivity index (χ3v) is 5.32. The second-order valence-electron chi connectivity index (χ2n) is 8.33. The molecule has 3 fully saturated rings. The number of allylic oxidation sites excluding steroid dienone is 2. The van der Waals surface area contributed by atoms with Crippen LogP contribution in [0, 0.1) is 11.3 Å². The highest BCUT2D eigenvalue weighted by atomic mass is 16.2. The summed E-state index contributed by atoms with van der Waals surface area (Å²) in [5.41, 5.74) is 0.809. The Labute approximate surface area is 148 Å². The lowest BCUT2D eigenvalue weighted by molar-refractivity contribution is -0.135. The highest BCUT2D eigenvalue weighted by Crippen LogP contribution is 2.38. The molecule has 6 heteroatoms. The van der Waals surface area contributed by atoms with Crippen LogP contribution >= 0.6 is 0 Å². The Hall–Kier alpha value is -1.98. The second-order valence-corrected chi connectivity index (χ2v) is 8.33. The Morgan fingerprint density at radius 1 is 1.00 bits per heavy atom. The monoisotopic (exact) mass is 346 g/mol. The van der Waals surface area contributed by atoms with Crippen LogP contribution in [0.5, 0.6) is 0 Å². The molecule has 2 aliphatic heterocycles. The summed E-state index contributed by atoms with van der Waals surface area (Å²) in [4.78, 5) is 51.0. The fourth-order valence-electron chi connectivity index (χ4n) is 4.23. The quantitative estimate of drug-likeness (QED) is 0.478. The summed E-state index contributed by atoms with van der Waals surface area (Å²) < 4.78 is 0. The third-order valence-electron chi connectivity index (χ3n) is 5.32. The number of carbonyl (C=O) groups excluding carboxylic acids is 4. The number of ketones is 2. The van der Waals surface area contributed by atoms with Gasteiger partial charge >= 0.3 is 0 Å². The van der Waals surface area contributed by atoms with Crippen molar-refractivity contribution < 1.29 is 19.2 Å². The number of hydrogen-bond donors (Lipinski definition) is 1. The first-order chi connectivity index (χ1) is 11.7. The number of nitrogens with zero attached hydrogens (tertiary/aromatic N) is 1. The zero-order valence-corrected chi connectivity index (χ0v) is 15.0. The molecular weight excluding hydrogens is 320 g/mol. The minimum absolute atomic E-state index is 0.0882. The van der Waals surface area contributed by atoms with Gasteiger partial charge in [0.15, 0.2) is 11.6 Å². The maximum atomic E-state index is 12.7. The molecule has 0 aromatic carbocycles. The maximum Gasteiger partial charge on any atom is 0.226 e. The molecule has 1 N–H and O–H groups in total. The third kappa shape index (κ3) is 3.99. The van der Waals surface area contributed by atoms with Gasteiger partial charge in [-0.15, -0.1) is 0 Å². The van der Waals surface area contributed by atoms with Crippen LogP contribution in [0.15, 0.2) is 11.3 Å². The first-order valence-corrected chi connectivity index (χ1v) is 9.12. The lowest BCUT2D eigenvalue weighted by Crippen LogP contribution is -2.40. The molecule has 1 aliphatic carbocycles. The summed E-state index contributed by atoms with van der Waals surface area (Å²) in [5.74, 6) is -0.853. The van der Waals surface area contributed by atoms with Crippen molar-refractivity contribution in [1.29, 1.82) is 0 Å². The average molecular weight is 346 g/mol. The van der Waals surface area contributed by atoms with E-state index in [2.05, 4.69) is 10.2 Å². The molecule has 0 bridgehead atoms. The van der Waals surface area contributed by atoms with Gasteiger partial charge in [-0.1, -0.05) is 13.8 Å². The number of amides is 2. The number of carbonyl (C=O) groups is 4. The fourth-order valence-corrected chi connectivity index (χ4v) is 4.23. The zero-order valence-electron chi connectivity index (χ0n) is 15.0. The van der Waals surface area contributed by atoms with E-state index in [4.69, 9.17) is 0 Å². The molecule has 2 heterocycles. The molecule has 136 valence electrons. The number of hydrogen-bond acceptors (Lipinski definition) is 5. The molecule has 3 aliphatic rings. The SMILES string of the molecule is CC1(C)CC(=O)C(=C(CC2CC(=O)NC(=O)C2)N2CCCC2)C(=O)C1. The van der Waals surface area contributed by atoms with E-state index in [0.717, 1.165) is 31.6 Å². The number of Topliss-reactive ketones (excluding diaryl/α,β-unsaturated/α-hetero) is 2. The van der Waals surface area contributed by atoms with Gasteiger partial charge in [-0.3, -0.25) is 24.5 Å². The minimum Gasteiger partial charge on any atom is -0.374 e. The van der Waals surface area contributed by atoms with Crippen molar-refractivity contribution >= 4 is 23.4 Å². The molecule has 2 saturated heterocycles. The number of piperidine rings is 1. The Morgan fingerprint density at radius 2 is 1.52 bits per heavy atom. The van der Waals surface area contributed by atoms with Crippen molar-refractivity contribution in [1.82, 2.24) is 10.2 Å². The van der Waals surface area contributed by atoms with Crippen LogP contribution in [0.4, 0.5) is 0 Å². The summed E-state index contributed by atoms with van der Waals surface area (Å²) in [7, 11) is 0. The van der Waals surface area contributed by atoms with Crippen LogP contribution in [-0.2, 0) is 19.2 Å². The summed E-state index contributed by atoms with van der Waals surface area (Å²) in [6, 6.07) is 0. The number of imide groups is 1. The van der Waals surface area contributed by atoms with Crippen LogP contribution in [0.3, 0.4) is 0 Å². The standard InChI is InChI=1S/C19H26N2O4/c1-19(2)10-14(22)18(15(23)11-19)13(21-5-3-4-6-21)7-12-8-16(24)20-17(25)9-12/h12H,3-11H2,1-2H3,(H,20,24,25). The van der Waals surface area contributed by atoms with Crippen molar-refractivity contribution in [3.63, 3.8) is 0 Å². The summed E-state index contributed by atoms with van der Waals surface area (Å²) in [6.45, 7) is 5.55. The van der Waals surface area contributed by atoms with Crippen LogP contribution in [0.1, 0.15) is 58.8 Å². The molecule has 0 aromatic rings. The molecule has 0 aromatic heterocycles. The smallest absolute Gasteiger partial charge is 0.226 e. The zero-order chi connectivity index (χ0) is 18.2. The van der Waals surface area contributed by atoms with Gasteiger partial charge in [0.05, 0.1) is 5.57 Å². The van der Waals surface area contributed by atoms with Gasteiger partial charge < -0.3 is 4.90 Å². The first-order valence-electron chi connectivity index (χ1n) is 9.12. The lowest BCUT2D eigenvalue weighted by Gasteiger charge is -2.34. The van der Waals surface area contributed by atoms with Crippen molar-refractivity contribution in [2.75, 3.05) is 13.1 Å². The van der Waals surface area contributed by atoms with Gasteiger partial charge in [0.2, 0.25) is 11.8 Å². The summed E-state index contributed by atoms with van der Waals surface area (Å²) in [5, 5.41) is 2.32. The van der Waals surface area contributed by atoms with E-state index in [1.165, 1.54) is 0 Å². The van der Waals surface area contributed by atoms with Crippen molar-refractivity contribution in [3.8, 4) is 0 Å². The molecule has 3 rings (SSSR count). The Morgan fingerprint density at radius 3 is 2.04 bits per heavy atom. The van der Waals surface area contributed by atoms with Crippen LogP contribution in [0.2, 0.25) is 0 Å². The number of rotatable bonds is 3. The van der Waals surface area contributed by atoms with Gasteiger partial charge in [-0.2, -0.15) is 0 Å². The van der Waals surface area contributed by atoms with Gasteiger partial charge in [-0.05, 0) is 30.6 Å².